The summed E-state index contributed by atoms with van der Waals surface area (Å²) in [6, 6.07) is 0.490. The van der Waals surface area contributed by atoms with Crippen molar-refractivity contribution in [3.05, 3.63) is 0 Å². The highest BCUT2D eigenvalue weighted by Gasteiger charge is 2.29. The zero-order chi connectivity index (χ0) is 21.3. The minimum atomic E-state index is -3.27. The highest BCUT2D eigenvalue weighted by atomic mass is 127. The van der Waals surface area contributed by atoms with E-state index in [2.05, 4.69) is 20.1 Å². The summed E-state index contributed by atoms with van der Waals surface area (Å²) in [5.74, 6) is 0.890. The van der Waals surface area contributed by atoms with Gasteiger partial charge < -0.3 is 19.7 Å². The second-order valence-electron chi connectivity index (χ2n) is 7.87. The van der Waals surface area contributed by atoms with E-state index < -0.39 is 10.0 Å². The SMILES string of the molecule is CN=C(NCC1CCCN1CCOC)N1CCN(S(=O)(=O)CCOC(C)C)CC1.I. The van der Waals surface area contributed by atoms with E-state index in [9.17, 15) is 8.42 Å². The molecule has 0 aromatic carbocycles. The largest absolute Gasteiger partial charge is 0.383 e. The Labute approximate surface area is 199 Å². The molecule has 0 aromatic heterocycles. The Morgan fingerprint density at radius 3 is 2.47 bits per heavy atom. The van der Waals surface area contributed by atoms with Crippen molar-refractivity contribution in [1.82, 2.24) is 19.4 Å². The molecule has 178 valence electrons. The van der Waals surface area contributed by atoms with Crippen LogP contribution in [0.5, 0.6) is 0 Å². The van der Waals surface area contributed by atoms with Crippen LogP contribution in [0.1, 0.15) is 26.7 Å². The maximum absolute atomic E-state index is 12.5. The van der Waals surface area contributed by atoms with Gasteiger partial charge in [0.1, 0.15) is 0 Å². The van der Waals surface area contributed by atoms with Crippen LogP contribution in [0.4, 0.5) is 0 Å². The highest BCUT2D eigenvalue weighted by molar-refractivity contribution is 14.0. The molecule has 0 spiro atoms. The van der Waals surface area contributed by atoms with Crippen molar-refractivity contribution >= 4 is 40.0 Å². The molecule has 0 saturated carbocycles. The van der Waals surface area contributed by atoms with Gasteiger partial charge in [-0.3, -0.25) is 9.89 Å². The van der Waals surface area contributed by atoms with Crippen LogP contribution in [-0.2, 0) is 19.5 Å². The van der Waals surface area contributed by atoms with Gasteiger partial charge in [0.2, 0.25) is 10.0 Å². The van der Waals surface area contributed by atoms with Crippen molar-refractivity contribution in [1.29, 1.82) is 0 Å². The van der Waals surface area contributed by atoms with Crippen molar-refractivity contribution < 1.29 is 17.9 Å². The van der Waals surface area contributed by atoms with E-state index in [1.807, 2.05) is 13.8 Å². The van der Waals surface area contributed by atoms with E-state index in [4.69, 9.17) is 9.47 Å². The third-order valence-electron chi connectivity index (χ3n) is 5.51. The van der Waals surface area contributed by atoms with Gasteiger partial charge in [0.15, 0.2) is 5.96 Å². The first-order valence-electron chi connectivity index (χ1n) is 10.7. The summed E-state index contributed by atoms with van der Waals surface area (Å²) in [5.41, 5.74) is 0. The number of likely N-dealkylation sites (tertiary alicyclic amines) is 1. The van der Waals surface area contributed by atoms with Crippen LogP contribution in [0, 0.1) is 0 Å². The summed E-state index contributed by atoms with van der Waals surface area (Å²) in [7, 11) is 0.249. The van der Waals surface area contributed by atoms with Crippen molar-refractivity contribution in [2.45, 2.75) is 38.8 Å². The van der Waals surface area contributed by atoms with E-state index in [1.165, 1.54) is 12.8 Å². The lowest BCUT2D eigenvalue weighted by atomic mass is 10.2. The number of ether oxygens (including phenoxy) is 2. The monoisotopic (exact) mass is 561 g/mol. The average molecular weight is 562 g/mol. The van der Waals surface area contributed by atoms with E-state index in [0.29, 0.717) is 32.2 Å². The lowest BCUT2D eigenvalue weighted by Gasteiger charge is -2.36. The third-order valence-corrected chi connectivity index (χ3v) is 7.35. The number of sulfonamides is 1. The topological polar surface area (TPSA) is 86.7 Å². The zero-order valence-electron chi connectivity index (χ0n) is 18.9. The molecule has 1 atom stereocenters. The Balaban J connectivity index is 0.00000450. The number of aliphatic imine (C=N–C) groups is 1. The lowest BCUT2D eigenvalue weighted by Crippen LogP contribution is -2.55. The van der Waals surface area contributed by atoms with E-state index in [1.54, 1.807) is 18.5 Å². The molecule has 2 rings (SSSR count). The summed E-state index contributed by atoms with van der Waals surface area (Å²) >= 11 is 0. The lowest BCUT2D eigenvalue weighted by molar-refractivity contribution is 0.0904. The molecule has 2 aliphatic heterocycles. The van der Waals surface area contributed by atoms with Gasteiger partial charge in [0, 0.05) is 59.5 Å². The van der Waals surface area contributed by atoms with Crippen LogP contribution in [0.3, 0.4) is 0 Å². The van der Waals surface area contributed by atoms with Gasteiger partial charge in [0.05, 0.1) is 25.1 Å². The molecule has 1 N–H and O–H groups in total. The molecule has 2 fully saturated rings. The second-order valence-corrected chi connectivity index (χ2v) is 9.96. The Hall–Kier alpha value is -0.210. The molecule has 0 amide bonds. The van der Waals surface area contributed by atoms with Crippen LogP contribution >= 0.6 is 24.0 Å². The quantitative estimate of drug-likeness (QED) is 0.238. The summed E-state index contributed by atoms with van der Waals surface area (Å²) in [5, 5.41) is 3.49. The molecule has 2 aliphatic rings. The van der Waals surface area contributed by atoms with Gasteiger partial charge in [-0.05, 0) is 33.2 Å². The number of halogens is 1. The minimum Gasteiger partial charge on any atom is -0.383 e. The first-order chi connectivity index (χ1) is 13.9. The minimum absolute atomic E-state index is 0. The second kappa shape index (κ2) is 14.0. The van der Waals surface area contributed by atoms with E-state index >= 15 is 0 Å². The fourth-order valence-corrected chi connectivity index (χ4v) is 5.15. The first-order valence-corrected chi connectivity index (χ1v) is 12.3. The molecule has 2 saturated heterocycles. The fraction of sp³-hybridized carbons (Fsp3) is 0.947. The Morgan fingerprint density at radius 2 is 1.87 bits per heavy atom. The smallest absolute Gasteiger partial charge is 0.216 e. The number of guanidine groups is 1. The Morgan fingerprint density at radius 1 is 1.17 bits per heavy atom. The molecule has 9 nitrogen and oxygen atoms in total. The van der Waals surface area contributed by atoms with Crippen LogP contribution in [0.25, 0.3) is 0 Å². The Bertz CT molecular complexity index is 612. The Kier molecular flexibility index (Phi) is 13.0. The molecular formula is C19H40IN5O4S. The number of nitrogens with zero attached hydrogens (tertiary/aromatic N) is 4. The average Bonchev–Trinajstić information content (AvgIpc) is 3.14. The van der Waals surface area contributed by atoms with Gasteiger partial charge in [-0.2, -0.15) is 4.31 Å². The van der Waals surface area contributed by atoms with Gasteiger partial charge in [0.25, 0.3) is 0 Å². The highest BCUT2D eigenvalue weighted by Crippen LogP contribution is 2.16. The van der Waals surface area contributed by atoms with Crippen molar-refractivity contribution in [3.63, 3.8) is 0 Å². The normalized spacial score (nSPS) is 21.8. The van der Waals surface area contributed by atoms with Crippen LogP contribution in [-0.4, -0.2) is 120 Å². The molecule has 1 unspecified atom stereocenters. The molecule has 0 radical (unpaired) electrons. The summed E-state index contributed by atoms with van der Waals surface area (Å²) < 4.78 is 37.2. The molecule has 0 bridgehead atoms. The fourth-order valence-electron chi connectivity index (χ4n) is 3.87. The molecule has 2 heterocycles. The maximum Gasteiger partial charge on any atom is 0.216 e. The van der Waals surface area contributed by atoms with E-state index in [-0.39, 0.29) is 42.4 Å². The van der Waals surface area contributed by atoms with Crippen molar-refractivity contribution in [2.75, 3.05) is 78.9 Å². The molecule has 11 heteroatoms. The van der Waals surface area contributed by atoms with Gasteiger partial charge in [-0.15, -0.1) is 24.0 Å². The summed E-state index contributed by atoms with van der Waals surface area (Å²) in [6.07, 6.45) is 2.44. The maximum atomic E-state index is 12.5. The van der Waals surface area contributed by atoms with Crippen LogP contribution in [0.15, 0.2) is 4.99 Å². The third kappa shape index (κ3) is 8.73. The number of rotatable bonds is 10. The summed E-state index contributed by atoms with van der Waals surface area (Å²) in [4.78, 5) is 9.03. The van der Waals surface area contributed by atoms with Gasteiger partial charge in [-0.25, -0.2) is 8.42 Å². The van der Waals surface area contributed by atoms with Gasteiger partial charge >= 0.3 is 0 Å². The van der Waals surface area contributed by atoms with Crippen molar-refractivity contribution in [2.24, 2.45) is 4.99 Å². The van der Waals surface area contributed by atoms with Crippen molar-refractivity contribution in [3.8, 4) is 0 Å². The van der Waals surface area contributed by atoms with E-state index in [0.717, 1.165) is 32.2 Å². The molecule has 0 aliphatic carbocycles. The molecule has 30 heavy (non-hydrogen) atoms. The zero-order valence-corrected chi connectivity index (χ0v) is 22.0. The van der Waals surface area contributed by atoms with Crippen LogP contribution < -0.4 is 5.32 Å². The predicted molar refractivity (Wildman–Crippen MR) is 131 cm³/mol. The number of nitrogens with one attached hydrogen (secondary N) is 1. The number of hydrogen-bond donors (Lipinski definition) is 1. The number of hydrogen-bond acceptors (Lipinski definition) is 6. The number of piperazine rings is 1. The van der Waals surface area contributed by atoms with Crippen LogP contribution in [0.2, 0.25) is 0 Å². The molecular weight excluding hydrogens is 521 g/mol. The standard InChI is InChI=1S/C19H39N5O4S.HI/c1-17(2)28-14-15-29(25,26)24-10-8-23(9-11-24)19(20-3)21-16-18-6-5-7-22(18)12-13-27-4;/h17-18H,5-16H2,1-4H3,(H,20,21);1H. The summed E-state index contributed by atoms with van der Waals surface area (Å²) in [6.45, 7) is 9.98. The predicted octanol–water partition coefficient (Wildman–Crippen LogP) is 0.663. The molecule has 0 aromatic rings. The van der Waals surface area contributed by atoms with Gasteiger partial charge in [-0.1, -0.05) is 0 Å². The number of methoxy groups -OCH3 is 1. The first kappa shape index (κ1) is 27.8.